The maximum atomic E-state index is 5.03. The lowest BCUT2D eigenvalue weighted by atomic mass is 10.0. The van der Waals surface area contributed by atoms with E-state index in [2.05, 4.69) is 126 Å². The lowest BCUT2D eigenvalue weighted by Crippen LogP contribution is -2.03. The Balaban J connectivity index is 1.20. The Hall–Kier alpha value is -6.85. The smallest absolute Gasteiger partial charge is 0.164 e. The van der Waals surface area contributed by atoms with Crippen LogP contribution in [0.5, 0.6) is 0 Å². The van der Waals surface area contributed by atoms with Gasteiger partial charge in [-0.25, -0.2) is 15.0 Å². The molecule has 0 spiro atoms. The van der Waals surface area contributed by atoms with E-state index in [-0.39, 0.29) is 0 Å². The van der Waals surface area contributed by atoms with Gasteiger partial charge < -0.3 is 9.13 Å². The monoisotopic (exact) mass is 667 g/mol. The summed E-state index contributed by atoms with van der Waals surface area (Å²) in [4.78, 5) is 15.0. The first-order valence-corrected chi connectivity index (χ1v) is 17.6. The van der Waals surface area contributed by atoms with E-state index >= 15 is 0 Å². The molecule has 52 heavy (non-hydrogen) atoms. The van der Waals surface area contributed by atoms with Crippen molar-refractivity contribution < 1.29 is 0 Å². The fourth-order valence-electron chi connectivity index (χ4n) is 7.90. The summed E-state index contributed by atoms with van der Waals surface area (Å²) < 4.78 is 4.84. The van der Waals surface area contributed by atoms with E-state index in [0.717, 1.165) is 33.5 Å². The summed E-state index contributed by atoms with van der Waals surface area (Å²) in [5, 5.41) is 4.92. The Morgan fingerprint density at radius 1 is 0.346 bits per heavy atom. The summed E-state index contributed by atoms with van der Waals surface area (Å²) in [6.45, 7) is 4.40. The van der Waals surface area contributed by atoms with Crippen molar-refractivity contribution in [1.29, 1.82) is 0 Å². The van der Waals surface area contributed by atoms with Gasteiger partial charge in [-0.1, -0.05) is 115 Å². The van der Waals surface area contributed by atoms with Crippen molar-refractivity contribution in [2.24, 2.45) is 0 Å². The summed E-state index contributed by atoms with van der Waals surface area (Å²) in [6, 6.07) is 57.6. The molecule has 0 fully saturated rings. The normalized spacial score (nSPS) is 11.7. The van der Waals surface area contributed by atoms with Crippen LogP contribution in [0.3, 0.4) is 0 Å². The van der Waals surface area contributed by atoms with Crippen LogP contribution in [-0.2, 0) is 0 Å². The standard InChI is InChI=1S/C47H33N5/c1-30-26-34(47-49-45(32-16-6-3-7-17-32)48-46(50-47)33-18-8-4-9-19-33)27-31(2)44(30)52-41-25-15-13-23-37(41)39-28-42-38(29-43(39)52)36-22-12-14-24-40(36)51(42)35-20-10-5-11-21-35/h3-29H,1-2H3. The van der Waals surface area contributed by atoms with Crippen LogP contribution in [0.2, 0.25) is 0 Å². The van der Waals surface area contributed by atoms with Crippen LogP contribution in [0.4, 0.5) is 0 Å². The van der Waals surface area contributed by atoms with Crippen molar-refractivity contribution in [1.82, 2.24) is 24.1 Å². The third kappa shape index (κ3) is 4.74. The number of aryl methyl sites for hydroxylation is 2. The predicted octanol–water partition coefficient (Wildman–Crippen LogP) is 11.7. The highest BCUT2D eigenvalue weighted by Crippen LogP contribution is 2.41. The number of fused-ring (bicyclic) bond motifs is 6. The summed E-state index contributed by atoms with van der Waals surface area (Å²) in [7, 11) is 0. The van der Waals surface area contributed by atoms with Gasteiger partial charge in [-0.05, 0) is 73.5 Å². The molecule has 10 rings (SSSR count). The molecule has 5 nitrogen and oxygen atoms in total. The lowest BCUT2D eigenvalue weighted by molar-refractivity contribution is 1.07. The molecule has 3 aromatic heterocycles. The first-order valence-electron chi connectivity index (χ1n) is 17.6. The number of para-hydroxylation sites is 3. The summed E-state index contributed by atoms with van der Waals surface area (Å²) >= 11 is 0. The molecular weight excluding hydrogens is 635 g/mol. The molecule has 0 amide bonds. The van der Waals surface area contributed by atoms with Gasteiger partial charge in [-0.2, -0.15) is 0 Å². The molecule has 0 N–H and O–H groups in total. The zero-order chi connectivity index (χ0) is 34.8. The molecule has 0 aliphatic heterocycles. The number of hydrogen-bond acceptors (Lipinski definition) is 3. The highest BCUT2D eigenvalue weighted by atomic mass is 15.0. The first kappa shape index (κ1) is 30.0. The molecule has 10 aromatic rings. The highest BCUT2D eigenvalue weighted by molar-refractivity contribution is 6.19. The third-order valence-electron chi connectivity index (χ3n) is 10.2. The minimum atomic E-state index is 0.656. The van der Waals surface area contributed by atoms with Crippen LogP contribution in [-0.4, -0.2) is 24.1 Å². The summed E-state index contributed by atoms with van der Waals surface area (Å²) in [5.41, 5.74) is 12.3. The zero-order valence-electron chi connectivity index (χ0n) is 28.8. The third-order valence-corrected chi connectivity index (χ3v) is 10.2. The quantitative estimate of drug-likeness (QED) is 0.184. The molecule has 0 aliphatic carbocycles. The Bertz CT molecular complexity index is 2880. The number of hydrogen-bond donors (Lipinski definition) is 0. The fraction of sp³-hybridized carbons (Fsp3) is 0.0426. The van der Waals surface area contributed by atoms with Crippen molar-refractivity contribution in [3.63, 3.8) is 0 Å². The summed E-state index contributed by atoms with van der Waals surface area (Å²) in [5.74, 6) is 1.97. The lowest BCUT2D eigenvalue weighted by Gasteiger charge is -2.17. The fourth-order valence-corrected chi connectivity index (χ4v) is 7.90. The molecular formula is C47H33N5. The van der Waals surface area contributed by atoms with Crippen LogP contribution in [0.1, 0.15) is 11.1 Å². The Kier molecular flexibility index (Phi) is 6.86. The first-order chi connectivity index (χ1) is 25.6. The average Bonchev–Trinajstić information content (AvgIpc) is 3.69. The van der Waals surface area contributed by atoms with Gasteiger partial charge in [0.2, 0.25) is 0 Å². The van der Waals surface area contributed by atoms with Gasteiger partial charge in [0.25, 0.3) is 0 Å². The second-order valence-corrected chi connectivity index (χ2v) is 13.4. The van der Waals surface area contributed by atoms with E-state index in [1.54, 1.807) is 0 Å². The van der Waals surface area contributed by atoms with Crippen molar-refractivity contribution >= 4 is 43.6 Å². The second-order valence-electron chi connectivity index (χ2n) is 13.4. The van der Waals surface area contributed by atoms with Crippen LogP contribution >= 0.6 is 0 Å². The molecule has 246 valence electrons. The van der Waals surface area contributed by atoms with E-state index in [1.807, 2.05) is 60.7 Å². The van der Waals surface area contributed by atoms with E-state index in [9.17, 15) is 0 Å². The number of benzene rings is 7. The molecule has 0 saturated carbocycles. The largest absolute Gasteiger partial charge is 0.309 e. The van der Waals surface area contributed by atoms with E-state index in [4.69, 9.17) is 15.0 Å². The topological polar surface area (TPSA) is 48.5 Å². The minimum absolute atomic E-state index is 0.656. The number of nitrogens with zero attached hydrogens (tertiary/aromatic N) is 5. The minimum Gasteiger partial charge on any atom is -0.309 e. The maximum Gasteiger partial charge on any atom is 0.164 e. The predicted molar refractivity (Wildman–Crippen MR) is 214 cm³/mol. The van der Waals surface area contributed by atoms with E-state index in [0.29, 0.717) is 17.5 Å². The maximum absolute atomic E-state index is 5.03. The van der Waals surface area contributed by atoms with Gasteiger partial charge in [-0.3, -0.25) is 0 Å². The van der Waals surface area contributed by atoms with Crippen molar-refractivity contribution in [2.75, 3.05) is 0 Å². The molecule has 0 radical (unpaired) electrons. The van der Waals surface area contributed by atoms with Gasteiger partial charge in [-0.15, -0.1) is 0 Å². The van der Waals surface area contributed by atoms with Gasteiger partial charge in [0, 0.05) is 43.9 Å². The zero-order valence-corrected chi connectivity index (χ0v) is 28.8. The molecule has 3 heterocycles. The van der Waals surface area contributed by atoms with Gasteiger partial charge in [0.1, 0.15) is 0 Å². The highest BCUT2D eigenvalue weighted by Gasteiger charge is 2.21. The Labute approximate surface area is 301 Å². The van der Waals surface area contributed by atoms with Crippen LogP contribution in [0, 0.1) is 13.8 Å². The van der Waals surface area contributed by atoms with Gasteiger partial charge in [0.15, 0.2) is 17.5 Å². The Morgan fingerprint density at radius 2 is 0.750 bits per heavy atom. The number of rotatable bonds is 5. The van der Waals surface area contributed by atoms with E-state index < -0.39 is 0 Å². The SMILES string of the molecule is Cc1cc(-c2nc(-c3ccccc3)nc(-c3ccccc3)n2)cc(C)c1-n1c2ccccc2c2cc3c(cc21)c1ccccc1n3-c1ccccc1. The van der Waals surface area contributed by atoms with Crippen LogP contribution < -0.4 is 0 Å². The van der Waals surface area contributed by atoms with Crippen molar-refractivity contribution in [3.8, 4) is 45.5 Å². The van der Waals surface area contributed by atoms with Crippen molar-refractivity contribution in [2.45, 2.75) is 13.8 Å². The van der Waals surface area contributed by atoms with Gasteiger partial charge >= 0.3 is 0 Å². The van der Waals surface area contributed by atoms with Crippen LogP contribution in [0.25, 0.3) is 89.2 Å². The molecule has 0 bridgehead atoms. The molecule has 0 saturated heterocycles. The average molecular weight is 668 g/mol. The molecule has 0 unspecified atom stereocenters. The van der Waals surface area contributed by atoms with Crippen LogP contribution in [0.15, 0.2) is 164 Å². The molecule has 7 aromatic carbocycles. The molecule has 0 atom stereocenters. The van der Waals surface area contributed by atoms with E-state index in [1.165, 1.54) is 49.3 Å². The number of aromatic nitrogens is 5. The van der Waals surface area contributed by atoms with Crippen molar-refractivity contribution in [3.05, 3.63) is 175 Å². The Morgan fingerprint density at radius 3 is 1.27 bits per heavy atom. The molecule has 5 heteroatoms. The van der Waals surface area contributed by atoms with Gasteiger partial charge in [0.05, 0.1) is 27.8 Å². The molecule has 0 aliphatic rings. The second kappa shape index (κ2) is 11.9. The summed E-state index contributed by atoms with van der Waals surface area (Å²) in [6.07, 6.45) is 0.